The summed E-state index contributed by atoms with van der Waals surface area (Å²) in [7, 11) is -4.64. The molecule has 5 N–H and O–H groups in total. The number of carboxylic acid groups (broad SMARTS) is 1. The van der Waals surface area contributed by atoms with Gasteiger partial charge in [0.25, 0.3) is 0 Å². The van der Waals surface area contributed by atoms with Gasteiger partial charge in [0.1, 0.15) is 5.76 Å². The first-order valence-electron chi connectivity index (χ1n) is 10.5. The number of aliphatic carboxylic acids is 1. The van der Waals surface area contributed by atoms with E-state index in [4.69, 9.17) is 24.4 Å². The third-order valence-corrected chi connectivity index (χ3v) is 4.52. The maximum atomic E-state index is 10.7. The second-order valence-corrected chi connectivity index (χ2v) is 8.26. The van der Waals surface area contributed by atoms with Gasteiger partial charge < -0.3 is 24.9 Å². The van der Waals surface area contributed by atoms with Gasteiger partial charge in [-0.25, -0.2) is 9.36 Å². The molecule has 0 unspecified atom stereocenters. The molecule has 0 bridgehead atoms. The van der Waals surface area contributed by atoms with E-state index in [0.717, 1.165) is 12.8 Å². The second kappa shape index (κ2) is 19.4. The Balaban J connectivity index is 0. The summed E-state index contributed by atoms with van der Waals surface area (Å²) in [6, 6.07) is 0. The molecule has 0 aliphatic heterocycles. The van der Waals surface area contributed by atoms with Crippen LogP contribution in [0.15, 0.2) is 11.3 Å². The molecule has 0 aromatic rings. The van der Waals surface area contributed by atoms with E-state index in [1.165, 1.54) is 84.0 Å². The quantitative estimate of drug-likeness (QED) is 0.0908. The zero-order valence-corrected chi connectivity index (χ0v) is 18.5. The molecular formula is C20H41O7P. The average Bonchev–Trinajstić information content (AvgIpc) is 2.59. The minimum absolute atomic E-state index is 0.0384. The maximum Gasteiger partial charge on any atom is 0.466 e. The summed E-state index contributed by atoms with van der Waals surface area (Å²) in [5.41, 5.74) is 0.0831. The summed E-state index contributed by atoms with van der Waals surface area (Å²) in [6.07, 6.45) is 18.7. The predicted molar refractivity (Wildman–Crippen MR) is 112 cm³/mol. The van der Waals surface area contributed by atoms with E-state index in [1.54, 1.807) is 0 Å². The molecule has 8 heteroatoms. The third kappa shape index (κ3) is 27.3. The van der Waals surface area contributed by atoms with E-state index in [-0.39, 0.29) is 11.3 Å². The molecule has 0 aliphatic carbocycles. The molecule has 0 aliphatic rings. The summed E-state index contributed by atoms with van der Waals surface area (Å²) >= 11 is 0. The van der Waals surface area contributed by atoms with Crippen molar-refractivity contribution in [3.8, 4) is 0 Å². The van der Waals surface area contributed by atoms with E-state index >= 15 is 0 Å². The first-order valence-corrected chi connectivity index (χ1v) is 12.1. The lowest BCUT2D eigenvalue weighted by molar-refractivity contribution is -0.132. The Labute approximate surface area is 170 Å². The SMILES string of the molecule is CCCCCCCCCCCCCCCC/C(O)=C(\C)C(=O)O.O=P(O)(O)O. The maximum absolute atomic E-state index is 10.7. The number of rotatable bonds is 16. The van der Waals surface area contributed by atoms with Crippen molar-refractivity contribution in [1.29, 1.82) is 0 Å². The molecule has 168 valence electrons. The number of aliphatic hydroxyl groups is 1. The molecule has 0 rings (SSSR count). The Kier molecular flexibility index (Phi) is 20.4. The first-order chi connectivity index (χ1) is 13.1. The molecule has 0 saturated carbocycles. The topological polar surface area (TPSA) is 135 Å². The number of unbranched alkanes of at least 4 members (excludes halogenated alkanes) is 13. The first kappa shape index (κ1) is 29.3. The number of phosphoric acid groups is 1. The smallest absolute Gasteiger partial charge is 0.466 e. The van der Waals surface area contributed by atoms with Crippen LogP contribution >= 0.6 is 7.82 Å². The van der Waals surface area contributed by atoms with Gasteiger partial charge in [-0.15, -0.1) is 0 Å². The van der Waals surface area contributed by atoms with Gasteiger partial charge in [0.05, 0.1) is 5.57 Å². The van der Waals surface area contributed by atoms with Crippen LogP contribution in [0, 0.1) is 0 Å². The molecule has 0 saturated heterocycles. The molecule has 28 heavy (non-hydrogen) atoms. The van der Waals surface area contributed by atoms with Crippen LogP contribution in [-0.4, -0.2) is 30.9 Å². The molecule has 0 radical (unpaired) electrons. The van der Waals surface area contributed by atoms with Crippen LogP contribution in [0.2, 0.25) is 0 Å². The van der Waals surface area contributed by atoms with E-state index in [9.17, 15) is 9.90 Å². The number of carbonyl (C=O) groups is 1. The van der Waals surface area contributed by atoms with Crippen molar-refractivity contribution >= 4 is 13.8 Å². The summed E-state index contributed by atoms with van der Waals surface area (Å²) in [5.74, 6) is -0.982. The predicted octanol–water partition coefficient (Wildman–Crippen LogP) is 5.85. The molecule has 0 spiro atoms. The molecule has 0 aromatic heterocycles. The molecule has 0 heterocycles. The normalized spacial score (nSPS) is 12.2. The van der Waals surface area contributed by atoms with Gasteiger partial charge in [-0.05, 0) is 13.3 Å². The summed E-state index contributed by atoms with van der Waals surface area (Å²) in [5, 5.41) is 18.3. The lowest BCUT2D eigenvalue weighted by Crippen LogP contribution is -2.01. The fraction of sp³-hybridized carbons (Fsp3) is 0.850. The molecule has 0 fully saturated rings. The number of hydrogen-bond acceptors (Lipinski definition) is 3. The van der Waals surface area contributed by atoms with Crippen LogP contribution in [-0.2, 0) is 9.36 Å². The standard InChI is InChI=1S/C20H38O3.H3O4P/c1-3-4-5-6-7-8-9-10-11-12-13-14-15-16-17-19(21)18(2)20(22)23;1-5(2,3)4/h21H,3-17H2,1-2H3,(H,22,23);(H3,1,2,3,4)/b19-18-;. The van der Waals surface area contributed by atoms with Gasteiger partial charge in [0.2, 0.25) is 0 Å². The highest BCUT2D eigenvalue weighted by atomic mass is 31.2. The van der Waals surface area contributed by atoms with E-state index < -0.39 is 13.8 Å². The van der Waals surface area contributed by atoms with Gasteiger partial charge in [-0.3, -0.25) is 0 Å². The Morgan fingerprint density at radius 2 is 0.964 bits per heavy atom. The zero-order chi connectivity index (χ0) is 21.8. The summed E-state index contributed by atoms with van der Waals surface area (Å²) < 4.78 is 8.88. The lowest BCUT2D eigenvalue weighted by atomic mass is 10.0. The van der Waals surface area contributed by atoms with Crippen molar-refractivity contribution in [1.82, 2.24) is 0 Å². The van der Waals surface area contributed by atoms with Crippen molar-refractivity contribution in [3.05, 3.63) is 11.3 Å². The van der Waals surface area contributed by atoms with E-state index in [0.29, 0.717) is 6.42 Å². The third-order valence-electron chi connectivity index (χ3n) is 4.52. The highest BCUT2D eigenvalue weighted by Crippen LogP contribution is 2.25. The molecule has 0 aromatic carbocycles. The minimum atomic E-state index is -4.64. The number of allylic oxidation sites excluding steroid dienone is 1. The van der Waals surface area contributed by atoms with Crippen LogP contribution in [0.25, 0.3) is 0 Å². The van der Waals surface area contributed by atoms with Crippen molar-refractivity contribution in [2.45, 2.75) is 110 Å². The van der Waals surface area contributed by atoms with Crippen molar-refractivity contribution in [2.75, 3.05) is 0 Å². The fourth-order valence-corrected chi connectivity index (χ4v) is 2.80. The zero-order valence-electron chi connectivity index (χ0n) is 17.6. The van der Waals surface area contributed by atoms with Gasteiger partial charge in [0.15, 0.2) is 0 Å². The Hall–Kier alpha value is -0.880. The van der Waals surface area contributed by atoms with Crippen molar-refractivity contribution in [2.24, 2.45) is 0 Å². The number of hydrogen-bond donors (Lipinski definition) is 5. The van der Waals surface area contributed by atoms with E-state index in [1.807, 2.05) is 0 Å². The molecular weight excluding hydrogens is 383 g/mol. The van der Waals surface area contributed by atoms with Crippen LogP contribution in [0.3, 0.4) is 0 Å². The average molecular weight is 425 g/mol. The minimum Gasteiger partial charge on any atom is -0.512 e. The summed E-state index contributed by atoms with van der Waals surface area (Å²) in [4.78, 5) is 32.2. The van der Waals surface area contributed by atoms with Crippen LogP contribution < -0.4 is 0 Å². The van der Waals surface area contributed by atoms with Gasteiger partial charge in [0, 0.05) is 6.42 Å². The van der Waals surface area contributed by atoms with Crippen molar-refractivity contribution < 1.29 is 34.3 Å². The second-order valence-electron chi connectivity index (χ2n) is 7.24. The van der Waals surface area contributed by atoms with Crippen LogP contribution in [0.4, 0.5) is 0 Å². The van der Waals surface area contributed by atoms with Crippen molar-refractivity contribution in [3.63, 3.8) is 0 Å². The van der Waals surface area contributed by atoms with Gasteiger partial charge in [-0.2, -0.15) is 0 Å². The Bertz CT molecular complexity index is 449. The van der Waals surface area contributed by atoms with Gasteiger partial charge in [-0.1, -0.05) is 90.4 Å². The van der Waals surface area contributed by atoms with E-state index in [2.05, 4.69) is 6.92 Å². The van der Waals surface area contributed by atoms with Crippen LogP contribution in [0.1, 0.15) is 110 Å². The molecule has 7 nitrogen and oxygen atoms in total. The van der Waals surface area contributed by atoms with Gasteiger partial charge >= 0.3 is 13.8 Å². The highest BCUT2D eigenvalue weighted by molar-refractivity contribution is 7.45. The Morgan fingerprint density at radius 1 is 0.679 bits per heavy atom. The lowest BCUT2D eigenvalue weighted by Gasteiger charge is -2.04. The number of carboxylic acids is 1. The van der Waals surface area contributed by atoms with Crippen LogP contribution in [0.5, 0.6) is 0 Å². The fourth-order valence-electron chi connectivity index (χ4n) is 2.80. The number of aliphatic hydroxyl groups excluding tert-OH is 1. The molecule has 0 amide bonds. The Morgan fingerprint density at radius 3 is 1.25 bits per heavy atom. The molecule has 0 atom stereocenters. The monoisotopic (exact) mass is 424 g/mol. The summed E-state index contributed by atoms with van der Waals surface area (Å²) in [6.45, 7) is 3.72. The highest BCUT2D eigenvalue weighted by Gasteiger charge is 2.07. The largest absolute Gasteiger partial charge is 0.512 e.